The van der Waals surface area contributed by atoms with E-state index >= 15 is 0 Å². The van der Waals surface area contributed by atoms with Gasteiger partial charge in [0.05, 0.1) is 0 Å². The van der Waals surface area contributed by atoms with Crippen LogP contribution in [0, 0.1) is 5.41 Å². The lowest BCUT2D eigenvalue weighted by molar-refractivity contribution is 0.0319. The van der Waals surface area contributed by atoms with E-state index < -0.39 is 0 Å². The first-order chi connectivity index (χ1) is 7.11. The summed E-state index contributed by atoms with van der Waals surface area (Å²) >= 11 is 0. The summed E-state index contributed by atoms with van der Waals surface area (Å²) in [5, 5.41) is 0. The molecule has 0 atom stereocenters. The van der Waals surface area contributed by atoms with Crippen molar-refractivity contribution >= 4 is 0 Å². The minimum atomic E-state index is 0.720. The Morgan fingerprint density at radius 3 is 1.80 bits per heavy atom. The molecular formula is C13H26N2. The fourth-order valence-electron chi connectivity index (χ4n) is 3.11. The zero-order chi connectivity index (χ0) is 10.9. The van der Waals surface area contributed by atoms with Gasteiger partial charge in [-0.15, -0.1) is 0 Å². The molecule has 0 radical (unpaired) electrons. The van der Waals surface area contributed by atoms with Crippen molar-refractivity contribution in [1.82, 2.24) is 9.80 Å². The normalized spacial score (nSPS) is 28.8. The van der Waals surface area contributed by atoms with E-state index in [1.165, 1.54) is 51.9 Å². The topological polar surface area (TPSA) is 6.48 Å². The average molecular weight is 210 g/mol. The predicted molar refractivity (Wildman–Crippen MR) is 65.1 cm³/mol. The van der Waals surface area contributed by atoms with Gasteiger partial charge in [0, 0.05) is 6.04 Å². The third kappa shape index (κ3) is 2.54. The van der Waals surface area contributed by atoms with Gasteiger partial charge in [-0.05, 0) is 78.2 Å². The molecule has 15 heavy (non-hydrogen) atoms. The Labute approximate surface area is 94.6 Å². The predicted octanol–water partition coefficient (Wildman–Crippen LogP) is 2.20. The molecule has 0 bridgehead atoms. The second-order valence-electron chi connectivity index (χ2n) is 5.93. The van der Waals surface area contributed by atoms with Crippen LogP contribution in [-0.4, -0.2) is 49.1 Å². The van der Waals surface area contributed by atoms with Crippen LogP contribution in [0.1, 0.15) is 39.5 Å². The Kier molecular flexibility index (Phi) is 3.36. The second kappa shape index (κ2) is 4.42. The maximum Gasteiger partial charge on any atom is 0.00385 e. The molecule has 1 spiro atoms. The van der Waals surface area contributed by atoms with Gasteiger partial charge in [0.2, 0.25) is 0 Å². The summed E-state index contributed by atoms with van der Waals surface area (Å²) in [4.78, 5) is 5.13. The summed E-state index contributed by atoms with van der Waals surface area (Å²) < 4.78 is 0. The quantitative estimate of drug-likeness (QED) is 0.655. The summed E-state index contributed by atoms with van der Waals surface area (Å²) in [6, 6.07) is 0.744. The Hall–Kier alpha value is -0.0800. The van der Waals surface area contributed by atoms with Crippen molar-refractivity contribution in [2.45, 2.75) is 45.6 Å². The van der Waals surface area contributed by atoms with Crippen molar-refractivity contribution in [2.75, 3.05) is 33.2 Å². The van der Waals surface area contributed by atoms with E-state index in [0.29, 0.717) is 0 Å². The minimum Gasteiger partial charge on any atom is -0.306 e. The van der Waals surface area contributed by atoms with E-state index in [2.05, 4.69) is 30.7 Å². The van der Waals surface area contributed by atoms with E-state index in [-0.39, 0.29) is 0 Å². The molecule has 0 aromatic rings. The molecule has 0 saturated carbocycles. The largest absolute Gasteiger partial charge is 0.306 e. The van der Waals surface area contributed by atoms with Crippen LogP contribution in [0.4, 0.5) is 0 Å². The first-order valence-electron chi connectivity index (χ1n) is 6.54. The van der Waals surface area contributed by atoms with Crippen molar-refractivity contribution in [1.29, 1.82) is 0 Å². The van der Waals surface area contributed by atoms with Crippen LogP contribution in [0.25, 0.3) is 0 Å². The number of hydrogen-bond donors (Lipinski definition) is 0. The molecule has 2 heteroatoms. The number of likely N-dealkylation sites (tertiary alicyclic amines) is 2. The molecule has 2 rings (SSSR count). The summed E-state index contributed by atoms with van der Waals surface area (Å²) in [6.45, 7) is 9.96. The van der Waals surface area contributed by atoms with Gasteiger partial charge in [0.1, 0.15) is 0 Å². The zero-order valence-electron chi connectivity index (χ0n) is 10.6. The molecule has 2 aliphatic heterocycles. The molecule has 0 aromatic carbocycles. The molecule has 88 valence electrons. The van der Waals surface area contributed by atoms with E-state index in [9.17, 15) is 0 Å². The first kappa shape index (κ1) is 11.4. The third-order valence-corrected chi connectivity index (χ3v) is 4.64. The van der Waals surface area contributed by atoms with Gasteiger partial charge < -0.3 is 9.80 Å². The molecule has 0 amide bonds. The van der Waals surface area contributed by atoms with Gasteiger partial charge in [-0.3, -0.25) is 0 Å². The molecule has 2 saturated heterocycles. The van der Waals surface area contributed by atoms with E-state index in [1.807, 2.05) is 0 Å². The molecule has 2 aliphatic rings. The highest BCUT2D eigenvalue weighted by Crippen LogP contribution is 2.41. The van der Waals surface area contributed by atoms with Gasteiger partial charge in [-0.1, -0.05) is 0 Å². The summed E-state index contributed by atoms with van der Waals surface area (Å²) in [5.41, 5.74) is 0.720. The lowest BCUT2D eigenvalue weighted by atomic mass is 9.71. The number of rotatable bonds is 1. The smallest absolute Gasteiger partial charge is 0.00385 e. The van der Waals surface area contributed by atoms with Crippen LogP contribution >= 0.6 is 0 Å². The first-order valence-corrected chi connectivity index (χ1v) is 6.54. The summed E-state index contributed by atoms with van der Waals surface area (Å²) in [7, 11) is 2.26. The SMILES string of the molecule is CC(C)N1CCC2(CCN(C)CC2)CC1. The minimum absolute atomic E-state index is 0.720. The van der Waals surface area contributed by atoms with Gasteiger partial charge >= 0.3 is 0 Å². The van der Waals surface area contributed by atoms with E-state index in [4.69, 9.17) is 0 Å². The second-order valence-corrected chi connectivity index (χ2v) is 5.93. The standard InChI is InChI=1S/C13H26N2/c1-12(2)15-10-6-13(7-11-15)4-8-14(3)9-5-13/h12H,4-11H2,1-3H3. The summed E-state index contributed by atoms with van der Waals surface area (Å²) in [6.07, 6.45) is 5.77. The average Bonchev–Trinajstić information content (AvgIpc) is 2.24. The van der Waals surface area contributed by atoms with Gasteiger partial charge in [0.25, 0.3) is 0 Å². The fourth-order valence-corrected chi connectivity index (χ4v) is 3.11. The molecule has 0 N–H and O–H groups in total. The highest BCUT2D eigenvalue weighted by atomic mass is 15.2. The van der Waals surface area contributed by atoms with E-state index in [0.717, 1.165) is 11.5 Å². The molecule has 2 fully saturated rings. The van der Waals surface area contributed by atoms with Gasteiger partial charge in [-0.25, -0.2) is 0 Å². The number of nitrogens with zero attached hydrogens (tertiary/aromatic N) is 2. The lowest BCUT2D eigenvalue weighted by Crippen LogP contribution is -2.47. The Morgan fingerprint density at radius 1 is 0.867 bits per heavy atom. The van der Waals surface area contributed by atoms with Crippen LogP contribution in [0.3, 0.4) is 0 Å². The van der Waals surface area contributed by atoms with Crippen molar-refractivity contribution in [3.8, 4) is 0 Å². The van der Waals surface area contributed by atoms with Crippen molar-refractivity contribution in [3.05, 3.63) is 0 Å². The molecule has 2 nitrogen and oxygen atoms in total. The molecular weight excluding hydrogens is 184 g/mol. The Bertz CT molecular complexity index is 195. The van der Waals surface area contributed by atoms with Gasteiger partial charge in [0.15, 0.2) is 0 Å². The lowest BCUT2D eigenvalue weighted by Gasteiger charge is -2.47. The van der Waals surface area contributed by atoms with Crippen LogP contribution in [0.2, 0.25) is 0 Å². The van der Waals surface area contributed by atoms with Crippen molar-refractivity contribution < 1.29 is 0 Å². The van der Waals surface area contributed by atoms with Crippen LogP contribution < -0.4 is 0 Å². The molecule has 0 aliphatic carbocycles. The Morgan fingerprint density at radius 2 is 1.33 bits per heavy atom. The maximum absolute atomic E-state index is 2.64. The van der Waals surface area contributed by atoms with Crippen molar-refractivity contribution in [3.63, 3.8) is 0 Å². The number of hydrogen-bond acceptors (Lipinski definition) is 2. The van der Waals surface area contributed by atoms with Crippen LogP contribution in [-0.2, 0) is 0 Å². The molecule has 0 unspecified atom stereocenters. The fraction of sp³-hybridized carbons (Fsp3) is 1.00. The summed E-state index contributed by atoms with van der Waals surface area (Å²) in [5.74, 6) is 0. The van der Waals surface area contributed by atoms with E-state index in [1.54, 1.807) is 0 Å². The zero-order valence-corrected chi connectivity index (χ0v) is 10.6. The van der Waals surface area contributed by atoms with Gasteiger partial charge in [-0.2, -0.15) is 0 Å². The van der Waals surface area contributed by atoms with Crippen LogP contribution in [0.5, 0.6) is 0 Å². The molecule has 0 aromatic heterocycles. The third-order valence-electron chi connectivity index (χ3n) is 4.64. The maximum atomic E-state index is 2.64. The van der Waals surface area contributed by atoms with Crippen LogP contribution in [0.15, 0.2) is 0 Å². The Balaban J connectivity index is 1.86. The highest BCUT2D eigenvalue weighted by Gasteiger charge is 2.36. The number of piperidine rings is 2. The monoisotopic (exact) mass is 210 g/mol. The van der Waals surface area contributed by atoms with Crippen molar-refractivity contribution in [2.24, 2.45) is 5.41 Å². The molecule has 2 heterocycles. The highest BCUT2D eigenvalue weighted by molar-refractivity contribution is 4.90.